The SMILES string of the molecule is CC(=O)[C@@H](N)Cc1ccc(NC(=O)O)cc1.[U]. The van der Waals surface area contributed by atoms with Crippen LogP contribution in [-0.2, 0) is 11.2 Å². The quantitative estimate of drug-likeness (QED) is 0.631. The average molecular weight is 460 g/mol. The summed E-state index contributed by atoms with van der Waals surface area (Å²) in [6.45, 7) is 1.45. The maximum Gasteiger partial charge on any atom is 0.409 e. The smallest absolute Gasteiger partial charge is 0.409 e. The molecule has 0 aromatic heterocycles. The van der Waals surface area contributed by atoms with E-state index in [1.807, 2.05) is 0 Å². The van der Waals surface area contributed by atoms with Crippen LogP contribution < -0.4 is 11.1 Å². The molecule has 0 aliphatic carbocycles. The summed E-state index contributed by atoms with van der Waals surface area (Å²) in [5.41, 5.74) is 7.00. The summed E-state index contributed by atoms with van der Waals surface area (Å²) < 4.78 is 0. The van der Waals surface area contributed by atoms with Crippen molar-refractivity contribution in [2.45, 2.75) is 19.4 Å². The summed E-state index contributed by atoms with van der Waals surface area (Å²) in [6, 6.07) is 6.26. The van der Waals surface area contributed by atoms with Crippen LogP contribution in [-0.4, -0.2) is 23.0 Å². The standard InChI is InChI=1S/C11H14N2O3.U/c1-7(14)10(12)6-8-2-4-9(5-3-8)13-11(15)16;/h2-5,10,13H,6,12H2,1H3,(H,15,16);/t10-;/m0./s1. The fraction of sp³-hybridized carbons (Fsp3) is 0.273. The Bertz CT molecular complexity index is 392. The minimum absolute atomic E-state index is 0. The average Bonchev–Trinajstić information content (AvgIpc) is 2.20. The van der Waals surface area contributed by atoms with Crippen molar-refractivity contribution in [1.29, 1.82) is 0 Å². The van der Waals surface area contributed by atoms with E-state index in [9.17, 15) is 9.59 Å². The van der Waals surface area contributed by atoms with E-state index in [0.29, 0.717) is 12.1 Å². The summed E-state index contributed by atoms with van der Waals surface area (Å²) in [7, 11) is 0. The Morgan fingerprint density at radius 1 is 1.35 bits per heavy atom. The van der Waals surface area contributed by atoms with Gasteiger partial charge in [0.15, 0.2) is 0 Å². The Morgan fingerprint density at radius 3 is 2.29 bits per heavy atom. The zero-order valence-corrected chi connectivity index (χ0v) is 13.6. The summed E-state index contributed by atoms with van der Waals surface area (Å²) >= 11 is 0. The zero-order chi connectivity index (χ0) is 12.1. The van der Waals surface area contributed by atoms with Crippen molar-refractivity contribution in [3.63, 3.8) is 0 Å². The Kier molecular flexibility index (Phi) is 7.12. The van der Waals surface area contributed by atoms with Crippen LogP contribution in [0.3, 0.4) is 0 Å². The Morgan fingerprint density at radius 2 is 1.88 bits per heavy atom. The monoisotopic (exact) mass is 460 g/mol. The van der Waals surface area contributed by atoms with Gasteiger partial charge in [0.2, 0.25) is 0 Å². The van der Waals surface area contributed by atoms with Gasteiger partial charge in [0.1, 0.15) is 5.78 Å². The maximum absolute atomic E-state index is 10.9. The van der Waals surface area contributed by atoms with E-state index < -0.39 is 12.1 Å². The van der Waals surface area contributed by atoms with E-state index in [1.165, 1.54) is 6.92 Å². The predicted molar refractivity (Wildman–Crippen MR) is 60.4 cm³/mol. The third kappa shape index (κ3) is 5.87. The van der Waals surface area contributed by atoms with Crippen LogP contribution in [0.15, 0.2) is 24.3 Å². The van der Waals surface area contributed by atoms with Gasteiger partial charge in [-0.25, -0.2) is 4.79 Å². The summed E-state index contributed by atoms with van der Waals surface area (Å²) in [5.74, 6) is -0.0623. The molecule has 0 spiro atoms. The number of ketones is 1. The van der Waals surface area contributed by atoms with Crippen molar-refractivity contribution in [3.8, 4) is 0 Å². The predicted octanol–water partition coefficient (Wildman–Crippen LogP) is 1.24. The molecule has 17 heavy (non-hydrogen) atoms. The van der Waals surface area contributed by atoms with Crippen LogP contribution in [0.2, 0.25) is 0 Å². The molecule has 1 rings (SSSR count). The summed E-state index contributed by atoms with van der Waals surface area (Å²) in [5, 5.41) is 10.7. The molecule has 1 amide bonds. The molecule has 0 saturated carbocycles. The first-order valence-electron chi connectivity index (χ1n) is 4.84. The van der Waals surface area contributed by atoms with Crippen LogP contribution in [0.25, 0.3) is 0 Å². The molecule has 0 heterocycles. The molecule has 0 bridgehead atoms. The second-order valence-electron chi connectivity index (χ2n) is 3.55. The normalized spacial score (nSPS) is 11.2. The van der Waals surface area contributed by atoms with Crippen molar-refractivity contribution in [2.75, 3.05) is 5.32 Å². The second-order valence-corrected chi connectivity index (χ2v) is 3.55. The van der Waals surface area contributed by atoms with Gasteiger partial charge < -0.3 is 10.8 Å². The Balaban J connectivity index is 0.00000256. The molecule has 6 heteroatoms. The van der Waals surface area contributed by atoms with Crippen molar-refractivity contribution >= 4 is 17.6 Å². The van der Waals surface area contributed by atoms with Gasteiger partial charge in [-0.3, -0.25) is 10.1 Å². The molecular weight excluding hydrogens is 446 g/mol. The number of carboxylic acid groups (broad SMARTS) is 1. The maximum atomic E-state index is 10.9. The molecule has 0 radical (unpaired) electrons. The van der Waals surface area contributed by atoms with Crippen LogP contribution in [0.5, 0.6) is 0 Å². The van der Waals surface area contributed by atoms with Gasteiger partial charge in [0, 0.05) is 36.8 Å². The van der Waals surface area contributed by atoms with Crippen molar-refractivity contribution in [2.24, 2.45) is 5.73 Å². The first kappa shape index (κ1) is 16.2. The molecule has 0 saturated heterocycles. The second kappa shape index (κ2) is 7.49. The van der Waals surface area contributed by atoms with Gasteiger partial charge in [-0.15, -0.1) is 0 Å². The number of rotatable bonds is 4. The third-order valence-electron chi connectivity index (χ3n) is 2.18. The molecule has 1 aromatic carbocycles. The molecule has 0 fully saturated rings. The van der Waals surface area contributed by atoms with Crippen molar-refractivity contribution < 1.29 is 45.8 Å². The largest absolute Gasteiger partial charge is 0.465 e. The van der Waals surface area contributed by atoms with Gasteiger partial charge in [-0.2, -0.15) is 0 Å². The van der Waals surface area contributed by atoms with Gasteiger partial charge in [0.05, 0.1) is 6.04 Å². The van der Waals surface area contributed by atoms with E-state index in [-0.39, 0.29) is 36.9 Å². The minimum atomic E-state index is -1.10. The zero-order valence-electron chi connectivity index (χ0n) is 9.43. The van der Waals surface area contributed by atoms with E-state index >= 15 is 0 Å². The molecule has 0 aliphatic heterocycles. The molecule has 0 aliphatic rings. The van der Waals surface area contributed by atoms with Crippen LogP contribution >= 0.6 is 0 Å². The molecule has 5 nitrogen and oxygen atoms in total. The molecule has 0 unspecified atom stereocenters. The molecule has 90 valence electrons. The van der Waals surface area contributed by atoms with E-state index in [1.54, 1.807) is 24.3 Å². The van der Waals surface area contributed by atoms with Gasteiger partial charge in [-0.05, 0) is 31.0 Å². The number of nitrogens with one attached hydrogen (secondary N) is 1. The van der Waals surface area contributed by atoms with E-state index in [2.05, 4.69) is 5.32 Å². The molecule has 1 atom stereocenters. The van der Waals surface area contributed by atoms with Gasteiger partial charge in [0.25, 0.3) is 0 Å². The number of carbonyl (C=O) groups is 2. The molecule has 4 N–H and O–H groups in total. The topological polar surface area (TPSA) is 92.4 Å². The number of nitrogens with two attached hydrogens (primary N) is 1. The summed E-state index contributed by atoms with van der Waals surface area (Å²) in [4.78, 5) is 21.3. The number of amides is 1. The van der Waals surface area contributed by atoms with Gasteiger partial charge >= 0.3 is 6.09 Å². The van der Waals surface area contributed by atoms with Crippen LogP contribution in [0.1, 0.15) is 12.5 Å². The fourth-order valence-electron chi connectivity index (χ4n) is 1.25. The number of hydrogen-bond donors (Lipinski definition) is 3. The fourth-order valence-corrected chi connectivity index (χ4v) is 1.25. The number of Topliss-reactive ketones (excluding diaryl/α,β-unsaturated/α-hetero) is 1. The number of hydrogen-bond acceptors (Lipinski definition) is 3. The van der Waals surface area contributed by atoms with Gasteiger partial charge in [-0.1, -0.05) is 12.1 Å². The molecule has 1 aromatic rings. The van der Waals surface area contributed by atoms with E-state index in [4.69, 9.17) is 10.8 Å². The van der Waals surface area contributed by atoms with Crippen LogP contribution in [0.4, 0.5) is 10.5 Å². The van der Waals surface area contributed by atoms with Crippen molar-refractivity contribution in [3.05, 3.63) is 29.8 Å². The summed E-state index contributed by atoms with van der Waals surface area (Å²) in [6.07, 6.45) is -0.643. The number of anilines is 1. The number of benzene rings is 1. The first-order valence-corrected chi connectivity index (χ1v) is 4.84. The first-order chi connectivity index (χ1) is 7.49. The molecular formula is C11H14N2O3U. The number of carbonyl (C=O) groups excluding carboxylic acids is 1. The third-order valence-corrected chi connectivity index (χ3v) is 2.18. The minimum Gasteiger partial charge on any atom is -0.465 e. The van der Waals surface area contributed by atoms with E-state index in [0.717, 1.165) is 5.56 Å². The Labute approximate surface area is 123 Å². The Hall–Kier alpha value is -0.828. The van der Waals surface area contributed by atoms with Crippen molar-refractivity contribution in [1.82, 2.24) is 0 Å². The van der Waals surface area contributed by atoms with Crippen LogP contribution in [0, 0.1) is 31.1 Å².